The Morgan fingerprint density at radius 3 is 2.48 bits per heavy atom. The Labute approximate surface area is 138 Å². The van der Waals surface area contributed by atoms with Gasteiger partial charge in [-0.1, -0.05) is 23.8 Å². The maximum absolute atomic E-state index is 12.7. The molecule has 2 saturated heterocycles. The number of carbonyl (C=O) groups is 1. The Balaban J connectivity index is 1.61. The summed E-state index contributed by atoms with van der Waals surface area (Å²) in [5.41, 5.74) is 3.05. The summed E-state index contributed by atoms with van der Waals surface area (Å²) in [5, 5.41) is 0. The van der Waals surface area contributed by atoms with Gasteiger partial charge in [0.25, 0.3) is 0 Å². The zero-order valence-electron chi connectivity index (χ0n) is 13.7. The molecule has 3 rings (SSSR count). The van der Waals surface area contributed by atoms with Crippen molar-refractivity contribution in [3.63, 3.8) is 0 Å². The van der Waals surface area contributed by atoms with Crippen LogP contribution in [0, 0.1) is 19.8 Å². The molecule has 0 amide bonds. The average molecular weight is 336 g/mol. The van der Waals surface area contributed by atoms with Gasteiger partial charge in [-0.15, -0.1) is 0 Å². The Bertz CT molecular complexity index is 707. The van der Waals surface area contributed by atoms with Crippen molar-refractivity contribution in [2.45, 2.75) is 32.7 Å². The number of ketones is 1. The lowest BCUT2D eigenvalue weighted by atomic mass is 9.86. The second-order valence-electron chi connectivity index (χ2n) is 6.78. The number of likely N-dealkylation sites (tertiary alicyclic amines) is 1. The van der Waals surface area contributed by atoms with Gasteiger partial charge in [0.2, 0.25) is 10.0 Å². The fraction of sp³-hybridized carbons (Fsp3) is 0.588. The van der Waals surface area contributed by atoms with Crippen molar-refractivity contribution in [3.8, 4) is 0 Å². The Morgan fingerprint density at radius 2 is 1.91 bits per heavy atom. The molecule has 0 bridgehead atoms. The van der Waals surface area contributed by atoms with E-state index in [4.69, 9.17) is 0 Å². The van der Waals surface area contributed by atoms with E-state index in [2.05, 4.69) is 15.7 Å². The Hall–Kier alpha value is -1.24. The Kier molecular flexibility index (Phi) is 4.58. The monoisotopic (exact) mass is 336 g/mol. The molecular formula is C17H24N2O3S. The van der Waals surface area contributed by atoms with Gasteiger partial charge in [-0.05, 0) is 45.3 Å². The number of Topliss-reactive ketones (excluding diaryl/α,β-unsaturated/α-hetero) is 1. The highest BCUT2D eigenvalue weighted by Gasteiger charge is 2.35. The van der Waals surface area contributed by atoms with E-state index in [9.17, 15) is 13.2 Å². The number of hydrogen-bond acceptors (Lipinski definition) is 4. The minimum absolute atomic E-state index is 0.0529. The van der Waals surface area contributed by atoms with Crippen LogP contribution in [0.15, 0.2) is 18.2 Å². The summed E-state index contributed by atoms with van der Waals surface area (Å²) in [4.78, 5) is 14.9. The molecule has 1 aromatic carbocycles. The zero-order chi connectivity index (χ0) is 16.6. The van der Waals surface area contributed by atoms with Crippen molar-refractivity contribution in [1.82, 2.24) is 9.62 Å². The number of nitrogens with zero attached hydrogens (tertiary/aromatic N) is 1. The molecule has 1 aromatic rings. The third-order valence-corrected chi connectivity index (χ3v) is 6.44. The maximum Gasteiger partial charge on any atom is 0.213 e. The van der Waals surface area contributed by atoms with Crippen LogP contribution in [0.1, 0.15) is 34.3 Å². The molecule has 0 saturated carbocycles. The summed E-state index contributed by atoms with van der Waals surface area (Å²) in [6.07, 6.45) is 1.62. The normalized spacial score (nSPS) is 25.6. The summed E-state index contributed by atoms with van der Waals surface area (Å²) in [6.45, 7) is 6.11. The van der Waals surface area contributed by atoms with Crippen LogP contribution < -0.4 is 4.72 Å². The van der Waals surface area contributed by atoms with Gasteiger partial charge in [-0.25, -0.2) is 13.1 Å². The van der Waals surface area contributed by atoms with E-state index in [1.54, 1.807) is 0 Å². The van der Waals surface area contributed by atoms with Crippen LogP contribution in [-0.2, 0) is 10.0 Å². The molecular weight excluding hydrogens is 312 g/mol. The minimum atomic E-state index is -3.09. The van der Waals surface area contributed by atoms with Crippen LogP contribution in [0.25, 0.3) is 0 Å². The number of piperidine rings is 1. The highest BCUT2D eigenvalue weighted by molar-refractivity contribution is 7.89. The molecule has 1 atom stereocenters. The van der Waals surface area contributed by atoms with Crippen molar-refractivity contribution in [3.05, 3.63) is 34.9 Å². The average Bonchev–Trinajstić information content (AvgIpc) is 2.87. The number of sulfonamides is 1. The minimum Gasteiger partial charge on any atom is -0.298 e. The first-order valence-electron chi connectivity index (χ1n) is 8.18. The molecule has 1 N–H and O–H groups in total. The molecule has 0 aromatic heterocycles. The van der Waals surface area contributed by atoms with Gasteiger partial charge in [0.1, 0.15) is 0 Å². The largest absolute Gasteiger partial charge is 0.298 e. The van der Waals surface area contributed by atoms with Gasteiger partial charge in [-0.3, -0.25) is 9.69 Å². The van der Waals surface area contributed by atoms with Crippen LogP contribution in [0.3, 0.4) is 0 Å². The fourth-order valence-corrected chi connectivity index (χ4v) is 5.06. The van der Waals surface area contributed by atoms with Crippen LogP contribution >= 0.6 is 0 Å². The summed E-state index contributed by atoms with van der Waals surface area (Å²) >= 11 is 0. The van der Waals surface area contributed by atoms with Crippen molar-refractivity contribution in [1.29, 1.82) is 0 Å². The Morgan fingerprint density at radius 1 is 1.22 bits per heavy atom. The number of rotatable bonds is 3. The van der Waals surface area contributed by atoms with Gasteiger partial charge in [-0.2, -0.15) is 0 Å². The SMILES string of the molecule is Cc1ccc(C(=O)C2CCN(C3CNS(=O)(=O)C3)CC2)c(C)c1. The molecule has 2 aliphatic rings. The highest BCUT2D eigenvalue weighted by atomic mass is 32.2. The van der Waals surface area contributed by atoms with Gasteiger partial charge < -0.3 is 0 Å². The fourth-order valence-electron chi connectivity index (χ4n) is 3.67. The zero-order valence-corrected chi connectivity index (χ0v) is 14.5. The van der Waals surface area contributed by atoms with E-state index >= 15 is 0 Å². The number of aryl methyl sites for hydroxylation is 2. The second kappa shape index (κ2) is 6.34. The molecule has 5 nitrogen and oxygen atoms in total. The molecule has 2 heterocycles. The molecule has 23 heavy (non-hydrogen) atoms. The molecule has 2 fully saturated rings. The topological polar surface area (TPSA) is 66.5 Å². The number of nitrogens with one attached hydrogen (secondary N) is 1. The van der Waals surface area contributed by atoms with Crippen molar-refractivity contribution in [2.75, 3.05) is 25.4 Å². The first-order valence-corrected chi connectivity index (χ1v) is 9.84. The van der Waals surface area contributed by atoms with E-state index in [1.165, 1.54) is 5.56 Å². The standard InChI is InChI=1S/C17H24N2O3S/c1-12-3-4-16(13(2)9-12)17(20)14-5-7-19(8-6-14)15-10-18-23(21,22)11-15/h3-4,9,14-15,18H,5-8,10-11H2,1-2H3. The second-order valence-corrected chi connectivity index (χ2v) is 8.63. The molecule has 6 heteroatoms. The van der Waals surface area contributed by atoms with Crippen LogP contribution in [-0.4, -0.2) is 50.5 Å². The van der Waals surface area contributed by atoms with E-state index in [1.807, 2.05) is 26.0 Å². The van der Waals surface area contributed by atoms with Gasteiger partial charge in [0.05, 0.1) is 5.75 Å². The first kappa shape index (κ1) is 16.6. The third-order valence-electron chi connectivity index (χ3n) is 5.01. The van der Waals surface area contributed by atoms with Gasteiger partial charge in [0.15, 0.2) is 5.78 Å². The smallest absolute Gasteiger partial charge is 0.213 e. The van der Waals surface area contributed by atoms with Crippen molar-refractivity contribution >= 4 is 15.8 Å². The summed E-state index contributed by atoms with van der Waals surface area (Å²) in [5.74, 6) is 0.473. The third kappa shape index (κ3) is 3.65. The predicted octanol–water partition coefficient (Wildman–Crippen LogP) is 1.50. The van der Waals surface area contributed by atoms with Crippen LogP contribution in [0.5, 0.6) is 0 Å². The quantitative estimate of drug-likeness (QED) is 0.850. The lowest BCUT2D eigenvalue weighted by molar-refractivity contribution is 0.0810. The van der Waals surface area contributed by atoms with E-state index in [-0.39, 0.29) is 23.5 Å². The van der Waals surface area contributed by atoms with Crippen molar-refractivity contribution in [2.24, 2.45) is 5.92 Å². The van der Waals surface area contributed by atoms with Crippen molar-refractivity contribution < 1.29 is 13.2 Å². The molecule has 126 valence electrons. The lowest BCUT2D eigenvalue weighted by Gasteiger charge is -2.34. The lowest BCUT2D eigenvalue weighted by Crippen LogP contribution is -2.45. The van der Waals surface area contributed by atoms with Crippen LogP contribution in [0.4, 0.5) is 0 Å². The number of benzene rings is 1. The van der Waals surface area contributed by atoms with Gasteiger partial charge in [0, 0.05) is 24.1 Å². The number of carbonyl (C=O) groups excluding carboxylic acids is 1. The predicted molar refractivity (Wildman–Crippen MR) is 90.1 cm³/mol. The maximum atomic E-state index is 12.7. The summed E-state index contributed by atoms with van der Waals surface area (Å²) in [6, 6.07) is 6.03. The summed E-state index contributed by atoms with van der Waals surface area (Å²) < 4.78 is 25.6. The molecule has 0 radical (unpaired) electrons. The molecule has 0 aliphatic carbocycles. The highest BCUT2D eigenvalue weighted by Crippen LogP contribution is 2.25. The summed E-state index contributed by atoms with van der Waals surface area (Å²) in [7, 11) is -3.09. The molecule has 1 unspecified atom stereocenters. The van der Waals surface area contributed by atoms with Gasteiger partial charge >= 0.3 is 0 Å². The molecule has 2 aliphatic heterocycles. The van der Waals surface area contributed by atoms with E-state index in [0.29, 0.717) is 6.54 Å². The molecule has 0 spiro atoms. The first-order chi connectivity index (χ1) is 10.9. The van der Waals surface area contributed by atoms with E-state index < -0.39 is 10.0 Å². The number of hydrogen-bond donors (Lipinski definition) is 1. The van der Waals surface area contributed by atoms with Crippen LogP contribution in [0.2, 0.25) is 0 Å². The van der Waals surface area contributed by atoms with E-state index in [0.717, 1.165) is 37.1 Å².